The van der Waals surface area contributed by atoms with Crippen molar-refractivity contribution in [3.05, 3.63) is 59.8 Å². The summed E-state index contributed by atoms with van der Waals surface area (Å²) in [5.74, 6) is 0.594. The number of ether oxygens (including phenoxy) is 2. The van der Waals surface area contributed by atoms with Crippen molar-refractivity contribution in [3.63, 3.8) is 0 Å². The Morgan fingerprint density at radius 2 is 1.76 bits per heavy atom. The van der Waals surface area contributed by atoms with Gasteiger partial charge in [0.15, 0.2) is 0 Å². The van der Waals surface area contributed by atoms with E-state index in [0.717, 1.165) is 49.7 Å². The minimum Gasteiger partial charge on any atom is -0.445 e. The van der Waals surface area contributed by atoms with Gasteiger partial charge in [0.2, 0.25) is 0 Å². The van der Waals surface area contributed by atoms with Crippen LogP contribution >= 0.6 is 0 Å². The highest BCUT2D eigenvalue weighted by Crippen LogP contribution is 2.39. The zero-order valence-electron chi connectivity index (χ0n) is 20.4. The smallest absolute Gasteiger partial charge is 0.416 e. The second-order valence-electron chi connectivity index (χ2n) is 10.1. The third kappa shape index (κ3) is 5.69. The van der Waals surface area contributed by atoms with Gasteiger partial charge in [0, 0.05) is 24.3 Å². The van der Waals surface area contributed by atoms with E-state index in [9.17, 15) is 9.59 Å². The number of aromatic nitrogens is 1. The number of nitrogens with zero attached hydrogens (tertiary/aromatic N) is 3. The van der Waals surface area contributed by atoms with Gasteiger partial charge in [-0.1, -0.05) is 49.2 Å². The molecular formula is C27H35N3O4. The van der Waals surface area contributed by atoms with Crippen molar-refractivity contribution in [2.24, 2.45) is 0 Å². The average Bonchev–Trinajstić information content (AvgIpc) is 3.50. The maximum atomic E-state index is 13.3. The molecule has 1 saturated carbocycles. The fourth-order valence-electron chi connectivity index (χ4n) is 4.86. The van der Waals surface area contributed by atoms with E-state index in [1.54, 1.807) is 16.0 Å². The first-order chi connectivity index (χ1) is 16.3. The van der Waals surface area contributed by atoms with Crippen LogP contribution in [0.3, 0.4) is 0 Å². The van der Waals surface area contributed by atoms with Crippen LogP contribution in [0.4, 0.5) is 15.4 Å². The molecule has 0 N–H and O–H groups in total. The minimum absolute atomic E-state index is 0.0448. The van der Waals surface area contributed by atoms with Crippen LogP contribution in [0.15, 0.2) is 48.7 Å². The molecule has 2 heterocycles. The van der Waals surface area contributed by atoms with Crippen molar-refractivity contribution in [2.75, 3.05) is 11.4 Å². The molecule has 1 aliphatic heterocycles. The highest BCUT2D eigenvalue weighted by Gasteiger charge is 2.38. The number of amides is 2. The fourth-order valence-corrected chi connectivity index (χ4v) is 4.86. The van der Waals surface area contributed by atoms with Crippen LogP contribution in [0, 0.1) is 0 Å². The molecule has 7 nitrogen and oxygen atoms in total. The highest BCUT2D eigenvalue weighted by atomic mass is 16.6. The predicted octanol–water partition coefficient (Wildman–Crippen LogP) is 6.24. The molecule has 2 aliphatic rings. The largest absolute Gasteiger partial charge is 0.445 e. The lowest BCUT2D eigenvalue weighted by molar-refractivity contribution is 0.0564. The number of likely N-dealkylation sites (tertiary alicyclic amines) is 1. The fraction of sp³-hybridized carbons (Fsp3) is 0.519. The Bertz CT molecular complexity index is 983. The number of hydrogen-bond acceptors (Lipinski definition) is 5. The lowest BCUT2D eigenvalue weighted by Gasteiger charge is -2.34. The number of hydrogen-bond donors (Lipinski definition) is 0. The van der Waals surface area contributed by atoms with Crippen molar-refractivity contribution in [1.82, 2.24) is 9.88 Å². The van der Waals surface area contributed by atoms with Gasteiger partial charge in [0.1, 0.15) is 18.0 Å². The van der Waals surface area contributed by atoms with E-state index in [4.69, 9.17) is 9.47 Å². The zero-order chi connectivity index (χ0) is 24.1. The summed E-state index contributed by atoms with van der Waals surface area (Å²) < 4.78 is 11.4. The molecule has 182 valence electrons. The number of carbonyl (C=O) groups excluding carboxylic acids is 2. The minimum atomic E-state index is -0.608. The molecule has 34 heavy (non-hydrogen) atoms. The van der Waals surface area contributed by atoms with Gasteiger partial charge in [-0.2, -0.15) is 0 Å². The summed E-state index contributed by atoms with van der Waals surface area (Å²) in [7, 11) is 0. The summed E-state index contributed by atoms with van der Waals surface area (Å²) in [6.45, 7) is 6.47. The van der Waals surface area contributed by atoms with Crippen LogP contribution in [0.25, 0.3) is 0 Å². The van der Waals surface area contributed by atoms with Gasteiger partial charge >= 0.3 is 12.2 Å². The SMILES string of the molecule is CC(C)(C)OC(=O)N(c1ncccc1[C@H]1CCCN1C(=O)OCc1ccccc1)C1CCCC1. The Balaban J connectivity index is 1.59. The summed E-state index contributed by atoms with van der Waals surface area (Å²) in [4.78, 5) is 34.5. The first-order valence-electron chi connectivity index (χ1n) is 12.3. The molecular weight excluding hydrogens is 430 g/mol. The third-order valence-electron chi connectivity index (χ3n) is 6.38. The Labute approximate surface area is 202 Å². The molecule has 1 aliphatic carbocycles. The second kappa shape index (κ2) is 10.5. The Kier molecular flexibility index (Phi) is 7.39. The topological polar surface area (TPSA) is 72.0 Å². The van der Waals surface area contributed by atoms with Crippen molar-refractivity contribution >= 4 is 18.0 Å². The normalized spacial score (nSPS) is 18.7. The van der Waals surface area contributed by atoms with Crippen molar-refractivity contribution in [3.8, 4) is 0 Å². The number of anilines is 1. The molecule has 7 heteroatoms. The molecule has 2 fully saturated rings. The molecule has 1 aromatic heterocycles. The molecule has 2 aromatic rings. The Morgan fingerprint density at radius 1 is 1.03 bits per heavy atom. The molecule has 0 radical (unpaired) electrons. The van der Waals surface area contributed by atoms with Crippen LogP contribution in [0.2, 0.25) is 0 Å². The van der Waals surface area contributed by atoms with E-state index >= 15 is 0 Å². The quantitative estimate of drug-likeness (QED) is 0.523. The molecule has 1 aromatic carbocycles. The summed E-state index contributed by atoms with van der Waals surface area (Å²) in [6.07, 6.45) is 6.65. The summed E-state index contributed by atoms with van der Waals surface area (Å²) in [5, 5.41) is 0. The van der Waals surface area contributed by atoms with Gasteiger partial charge < -0.3 is 14.4 Å². The molecule has 0 unspecified atom stereocenters. The number of benzene rings is 1. The Morgan fingerprint density at radius 3 is 2.47 bits per heavy atom. The zero-order valence-corrected chi connectivity index (χ0v) is 20.4. The number of rotatable bonds is 5. The van der Waals surface area contributed by atoms with Crippen LogP contribution in [0.1, 0.15) is 76.5 Å². The van der Waals surface area contributed by atoms with Crippen LogP contribution in [-0.4, -0.2) is 40.3 Å². The predicted molar refractivity (Wildman–Crippen MR) is 131 cm³/mol. The lowest BCUT2D eigenvalue weighted by Crippen LogP contribution is -2.44. The second-order valence-corrected chi connectivity index (χ2v) is 10.1. The maximum absolute atomic E-state index is 13.3. The molecule has 0 spiro atoms. The maximum Gasteiger partial charge on any atom is 0.416 e. The summed E-state index contributed by atoms with van der Waals surface area (Å²) >= 11 is 0. The van der Waals surface area contributed by atoms with E-state index in [-0.39, 0.29) is 30.9 Å². The average molecular weight is 466 g/mol. The molecule has 2 amide bonds. The van der Waals surface area contributed by atoms with E-state index in [1.165, 1.54) is 0 Å². The third-order valence-corrected chi connectivity index (χ3v) is 6.38. The van der Waals surface area contributed by atoms with Gasteiger partial charge in [0.25, 0.3) is 0 Å². The van der Waals surface area contributed by atoms with Crippen LogP contribution in [-0.2, 0) is 16.1 Å². The molecule has 4 rings (SSSR count). The van der Waals surface area contributed by atoms with Gasteiger partial charge in [-0.3, -0.25) is 4.90 Å². The molecule has 1 atom stereocenters. The molecule has 1 saturated heterocycles. The van der Waals surface area contributed by atoms with E-state index in [1.807, 2.05) is 63.2 Å². The van der Waals surface area contributed by atoms with Gasteiger partial charge in [0.05, 0.1) is 6.04 Å². The monoisotopic (exact) mass is 465 g/mol. The standard InChI is InChI=1S/C27H35N3O4/c1-27(2,3)34-26(32)30(21-13-7-8-14-21)24-22(15-9-17-28-24)23-16-10-18-29(23)25(31)33-19-20-11-5-4-6-12-20/h4-6,9,11-12,15,17,21,23H,7-8,10,13-14,16,18-19H2,1-3H3/t23-/m1/s1. The van der Waals surface area contributed by atoms with Gasteiger partial charge in [-0.15, -0.1) is 0 Å². The van der Waals surface area contributed by atoms with E-state index in [2.05, 4.69) is 4.98 Å². The summed E-state index contributed by atoms with van der Waals surface area (Å²) in [5.41, 5.74) is 1.21. The summed E-state index contributed by atoms with van der Waals surface area (Å²) in [6, 6.07) is 13.4. The van der Waals surface area contributed by atoms with Crippen molar-refractivity contribution in [1.29, 1.82) is 0 Å². The van der Waals surface area contributed by atoms with Crippen molar-refractivity contribution in [2.45, 2.75) is 83.6 Å². The first kappa shape index (κ1) is 24.0. The first-order valence-corrected chi connectivity index (χ1v) is 12.3. The van der Waals surface area contributed by atoms with Crippen LogP contribution < -0.4 is 4.90 Å². The van der Waals surface area contributed by atoms with E-state index in [0.29, 0.717) is 12.4 Å². The number of pyridine rings is 1. The Hall–Kier alpha value is -3.09. The number of carbonyl (C=O) groups is 2. The lowest BCUT2D eigenvalue weighted by atomic mass is 10.0. The van der Waals surface area contributed by atoms with E-state index < -0.39 is 5.60 Å². The highest BCUT2D eigenvalue weighted by molar-refractivity contribution is 5.88. The van der Waals surface area contributed by atoms with Gasteiger partial charge in [-0.25, -0.2) is 14.6 Å². The van der Waals surface area contributed by atoms with Gasteiger partial charge in [-0.05, 0) is 58.1 Å². The van der Waals surface area contributed by atoms with Crippen LogP contribution in [0.5, 0.6) is 0 Å². The molecule has 0 bridgehead atoms. The van der Waals surface area contributed by atoms with Crippen molar-refractivity contribution < 1.29 is 19.1 Å².